The Bertz CT molecular complexity index is 697. The van der Waals surface area contributed by atoms with Crippen LogP contribution >= 0.6 is 0 Å². The highest BCUT2D eigenvalue weighted by Crippen LogP contribution is 2.32. The van der Waals surface area contributed by atoms with E-state index in [0.29, 0.717) is 23.6 Å². The fourth-order valence-electron chi connectivity index (χ4n) is 1.88. The first-order valence-electron chi connectivity index (χ1n) is 5.72. The monoisotopic (exact) mass is 282 g/mol. The molecule has 20 heavy (non-hydrogen) atoms. The Morgan fingerprint density at radius 3 is 2.50 bits per heavy atom. The van der Waals surface area contributed by atoms with Crippen LogP contribution < -0.4 is 5.32 Å². The van der Waals surface area contributed by atoms with E-state index in [1.807, 2.05) is 0 Å². The lowest BCUT2D eigenvalue weighted by molar-refractivity contribution is -0.384. The minimum atomic E-state index is -1.03. The van der Waals surface area contributed by atoms with Crippen LogP contribution in [0.15, 0.2) is 12.1 Å². The maximum Gasteiger partial charge on any atom is 0.298 e. The number of anilines is 2. The van der Waals surface area contributed by atoms with Crippen LogP contribution in [0.4, 0.5) is 26.0 Å². The Labute approximate surface area is 113 Å². The van der Waals surface area contributed by atoms with Crippen molar-refractivity contribution >= 4 is 17.2 Å². The fraction of sp³-hybridized carbons (Fsp3) is 0.250. The van der Waals surface area contributed by atoms with E-state index >= 15 is 0 Å². The lowest BCUT2D eigenvalue weighted by Crippen LogP contribution is -2.05. The molecule has 1 heterocycles. The van der Waals surface area contributed by atoms with Gasteiger partial charge in [-0.15, -0.1) is 0 Å². The molecule has 106 valence electrons. The number of nitrogens with zero attached hydrogens (tertiary/aromatic N) is 3. The average molecular weight is 282 g/mol. The van der Waals surface area contributed by atoms with Gasteiger partial charge in [-0.1, -0.05) is 0 Å². The molecule has 6 nitrogen and oxygen atoms in total. The highest BCUT2D eigenvalue weighted by molar-refractivity contribution is 5.70. The van der Waals surface area contributed by atoms with Gasteiger partial charge in [0.2, 0.25) is 0 Å². The zero-order valence-electron chi connectivity index (χ0n) is 11.1. The zero-order chi connectivity index (χ0) is 15.0. The number of nitro groups is 1. The molecule has 1 aromatic carbocycles. The second-order valence-corrected chi connectivity index (χ2v) is 4.35. The number of aryl methyl sites for hydroxylation is 2. The van der Waals surface area contributed by atoms with Crippen molar-refractivity contribution in [1.29, 1.82) is 0 Å². The normalized spacial score (nSPS) is 10.7. The van der Waals surface area contributed by atoms with Gasteiger partial charge in [0, 0.05) is 18.7 Å². The molecule has 2 aromatic rings. The van der Waals surface area contributed by atoms with Gasteiger partial charge in [-0.2, -0.15) is 5.10 Å². The van der Waals surface area contributed by atoms with Crippen molar-refractivity contribution in [3.05, 3.63) is 45.1 Å². The average Bonchev–Trinajstić information content (AvgIpc) is 2.58. The molecule has 0 aliphatic carbocycles. The number of rotatable bonds is 3. The van der Waals surface area contributed by atoms with E-state index in [4.69, 9.17) is 0 Å². The SMILES string of the molecule is Cc1nn(C)c(Nc2c(F)cc(F)cc2[N+](=O)[O-])c1C. The van der Waals surface area contributed by atoms with E-state index in [1.165, 1.54) is 4.68 Å². The molecule has 0 aliphatic rings. The van der Waals surface area contributed by atoms with Gasteiger partial charge in [-0.25, -0.2) is 8.78 Å². The molecule has 0 aliphatic heterocycles. The van der Waals surface area contributed by atoms with Crippen LogP contribution in [0.5, 0.6) is 0 Å². The van der Waals surface area contributed by atoms with Crippen LogP contribution in [0.1, 0.15) is 11.3 Å². The Hall–Kier alpha value is -2.51. The molecule has 8 heteroatoms. The van der Waals surface area contributed by atoms with E-state index < -0.39 is 22.2 Å². The minimum absolute atomic E-state index is 0.387. The summed E-state index contributed by atoms with van der Waals surface area (Å²) in [6.45, 7) is 3.51. The number of hydrogen-bond acceptors (Lipinski definition) is 4. The third kappa shape index (κ3) is 2.31. The van der Waals surface area contributed by atoms with Crippen LogP contribution in [-0.4, -0.2) is 14.7 Å². The van der Waals surface area contributed by atoms with E-state index in [1.54, 1.807) is 20.9 Å². The first-order chi connectivity index (χ1) is 9.31. The molecule has 0 amide bonds. The van der Waals surface area contributed by atoms with Crippen molar-refractivity contribution in [3.63, 3.8) is 0 Å². The van der Waals surface area contributed by atoms with Gasteiger partial charge in [0.1, 0.15) is 11.6 Å². The lowest BCUT2D eigenvalue weighted by Gasteiger charge is -2.09. The van der Waals surface area contributed by atoms with Crippen LogP contribution in [0.3, 0.4) is 0 Å². The number of nitro benzene ring substituents is 1. The van der Waals surface area contributed by atoms with Crippen molar-refractivity contribution in [2.24, 2.45) is 7.05 Å². The Morgan fingerprint density at radius 1 is 1.35 bits per heavy atom. The van der Waals surface area contributed by atoms with Gasteiger partial charge in [0.05, 0.1) is 16.7 Å². The molecule has 0 fully saturated rings. The van der Waals surface area contributed by atoms with Crippen LogP contribution in [0, 0.1) is 35.6 Å². The summed E-state index contributed by atoms with van der Waals surface area (Å²) in [6.07, 6.45) is 0. The molecular weight excluding hydrogens is 270 g/mol. The van der Waals surface area contributed by atoms with E-state index in [0.717, 1.165) is 5.56 Å². The molecule has 0 atom stereocenters. The Kier molecular flexibility index (Phi) is 3.39. The number of aromatic nitrogens is 2. The van der Waals surface area contributed by atoms with Crippen LogP contribution in [0.25, 0.3) is 0 Å². The van der Waals surface area contributed by atoms with Crippen molar-refractivity contribution in [2.75, 3.05) is 5.32 Å². The first kappa shape index (κ1) is 13.9. The topological polar surface area (TPSA) is 73.0 Å². The van der Waals surface area contributed by atoms with Gasteiger partial charge in [0.25, 0.3) is 5.69 Å². The summed E-state index contributed by atoms with van der Waals surface area (Å²) in [7, 11) is 1.62. The van der Waals surface area contributed by atoms with Crippen molar-refractivity contribution in [2.45, 2.75) is 13.8 Å². The third-order valence-electron chi connectivity index (χ3n) is 3.00. The minimum Gasteiger partial charge on any atom is -0.332 e. The largest absolute Gasteiger partial charge is 0.332 e. The summed E-state index contributed by atoms with van der Waals surface area (Å²) in [4.78, 5) is 10.1. The standard InChI is InChI=1S/C12H12F2N4O2/c1-6-7(2)16-17(3)12(6)15-11-9(14)4-8(13)5-10(11)18(19)20/h4-5,15H,1-3H3. The molecule has 0 unspecified atom stereocenters. The van der Waals surface area contributed by atoms with Gasteiger partial charge in [0.15, 0.2) is 11.5 Å². The number of hydrogen-bond donors (Lipinski definition) is 1. The van der Waals surface area contributed by atoms with Gasteiger partial charge < -0.3 is 5.32 Å². The molecule has 0 bridgehead atoms. The predicted molar refractivity (Wildman–Crippen MR) is 69.0 cm³/mol. The predicted octanol–water partition coefficient (Wildman–Crippen LogP) is 2.97. The van der Waals surface area contributed by atoms with Crippen molar-refractivity contribution in [3.8, 4) is 0 Å². The third-order valence-corrected chi connectivity index (χ3v) is 3.00. The van der Waals surface area contributed by atoms with E-state index in [2.05, 4.69) is 10.4 Å². The molecule has 0 spiro atoms. The molecular formula is C12H12F2N4O2. The van der Waals surface area contributed by atoms with E-state index in [-0.39, 0.29) is 5.69 Å². The van der Waals surface area contributed by atoms with Crippen LogP contribution in [0.2, 0.25) is 0 Å². The maximum atomic E-state index is 13.8. The van der Waals surface area contributed by atoms with Crippen molar-refractivity contribution < 1.29 is 13.7 Å². The molecule has 1 N–H and O–H groups in total. The highest BCUT2D eigenvalue weighted by atomic mass is 19.1. The maximum absolute atomic E-state index is 13.8. The number of nitrogens with one attached hydrogen (secondary N) is 1. The second kappa shape index (κ2) is 4.87. The van der Waals surface area contributed by atoms with Crippen LogP contribution in [-0.2, 0) is 7.05 Å². The summed E-state index contributed by atoms with van der Waals surface area (Å²) in [5.74, 6) is -1.62. The fourth-order valence-corrected chi connectivity index (χ4v) is 1.88. The summed E-state index contributed by atoms with van der Waals surface area (Å²) < 4.78 is 28.3. The van der Waals surface area contributed by atoms with E-state index in [9.17, 15) is 18.9 Å². The Balaban J connectivity index is 2.56. The smallest absolute Gasteiger partial charge is 0.298 e. The Morgan fingerprint density at radius 2 is 2.00 bits per heavy atom. The summed E-state index contributed by atoms with van der Waals surface area (Å²) in [5.41, 5.74) is 0.383. The number of halogens is 2. The molecule has 0 saturated carbocycles. The van der Waals surface area contributed by atoms with Gasteiger partial charge in [-0.05, 0) is 13.8 Å². The van der Waals surface area contributed by atoms with Crippen molar-refractivity contribution in [1.82, 2.24) is 9.78 Å². The molecule has 0 saturated heterocycles. The molecule has 0 radical (unpaired) electrons. The summed E-state index contributed by atoms with van der Waals surface area (Å²) in [5, 5.41) is 17.6. The zero-order valence-corrected chi connectivity index (χ0v) is 11.1. The molecule has 1 aromatic heterocycles. The van der Waals surface area contributed by atoms with Gasteiger partial charge in [-0.3, -0.25) is 14.8 Å². The summed E-state index contributed by atoms with van der Waals surface area (Å²) in [6, 6.07) is 1.26. The lowest BCUT2D eigenvalue weighted by atomic mass is 10.2. The quantitative estimate of drug-likeness (QED) is 0.693. The van der Waals surface area contributed by atoms with Gasteiger partial charge >= 0.3 is 0 Å². The molecule has 2 rings (SSSR count). The summed E-state index contributed by atoms with van der Waals surface area (Å²) >= 11 is 0. The number of benzene rings is 1. The first-order valence-corrected chi connectivity index (χ1v) is 5.72. The highest BCUT2D eigenvalue weighted by Gasteiger charge is 2.22. The second-order valence-electron chi connectivity index (χ2n) is 4.35.